The molecule has 1 aromatic heterocycles. The van der Waals surface area contributed by atoms with Gasteiger partial charge >= 0.3 is 0 Å². The van der Waals surface area contributed by atoms with Gasteiger partial charge in [-0.3, -0.25) is 0 Å². The summed E-state index contributed by atoms with van der Waals surface area (Å²) in [5, 5.41) is 3.45. The van der Waals surface area contributed by atoms with Crippen LogP contribution in [0.3, 0.4) is 0 Å². The smallest absolute Gasteiger partial charge is 0.228 e. The molecule has 0 atom stereocenters. The molecule has 1 heterocycles. The second kappa shape index (κ2) is 9.17. The van der Waals surface area contributed by atoms with Crippen LogP contribution in [0.1, 0.15) is 30.7 Å². The first-order valence-electron chi connectivity index (χ1n) is 9.56. The lowest BCUT2D eigenvalue weighted by Crippen LogP contribution is -2.32. The molecule has 4 nitrogen and oxygen atoms in total. The van der Waals surface area contributed by atoms with E-state index in [1.54, 1.807) is 0 Å². The molecule has 2 aromatic carbocycles. The molecule has 3 rings (SSSR count). The fourth-order valence-electron chi connectivity index (χ4n) is 3.02. The summed E-state index contributed by atoms with van der Waals surface area (Å²) in [6.45, 7) is 8.02. The van der Waals surface area contributed by atoms with E-state index >= 15 is 0 Å². The molecule has 0 spiro atoms. The maximum atomic E-state index is 4.79. The summed E-state index contributed by atoms with van der Waals surface area (Å²) in [7, 11) is 0. The number of hydrogen-bond acceptors (Lipinski definition) is 4. The zero-order valence-electron chi connectivity index (χ0n) is 16.4. The van der Waals surface area contributed by atoms with Gasteiger partial charge in [-0.25, -0.2) is 4.98 Å². The Labute approximate surface area is 162 Å². The first-order valence-corrected chi connectivity index (χ1v) is 9.56. The average molecular weight is 361 g/mol. The van der Waals surface area contributed by atoms with Crippen LogP contribution in [0.15, 0.2) is 66.7 Å². The quantitative estimate of drug-likeness (QED) is 0.623. The number of nitrogens with zero attached hydrogens (tertiary/aromatic N) is 3. The van der Waals surface area contributed by atoms with Gasteiger partial charge in [-0.2, -0.15) is 4.98 Å². The fraction of sp³-hybridized carbons (Fsp3) is 0.304. The van der Waals surface area contributed by atoms with E-state index in [1.165, 1.54) is 11.1 Å². The van der Waals surface area contributed by atoms with Crippen molar-refractivity contribution in [3.63, 3.8) is 0 Å². The highest BCUT2D eigenvalue weighted by Gasteiger charge is 2.15. The van der Waals surface area contributed by atoms with Crippen LogP contribution in [0.25, 0.3) is 0 Å². The van der Waals surface area contributed by atoms with Gasteiger partial charge in [-0.1, -0.05) is 60.7 Å². The summed E-state index contributed by atoms with van der Waals surface area (Å²) in [6.07, 6.45) is 0.969. The van der Waals surface area contributed by atoms with Gasteiger partial charge in [0.05, 0.1) is 0 Å². The standard InChI is InChI=1S/C23H28N4/c1-18(2)27(17-21-12-8-5-9-13-21)23-25-19(3)16-22(26-23)24-15-14-20-10-6-4-7-11-20/h4-13,16,18H,14-15,17H2,1-3H3,(H,24,25,26). The zero-order chi connectivity index (χ0) is 19.1. The average Bonchev–Trinajstić information content (AvgIpc) is 2.67. The van der Waals surface area contributed by atoms with E-state index in [-0.39, 0.29) is 0 Å². The third kappa shape index (κ3) is 5.55. The molecule has 0 unspecified atom stereocenters. The molecule has 4 heteroatoms. The molecule has 0 amide bonds. The summed E-state index contributed by atoms with van der Waals surface area (Å²) < 4.78 is 0. The first-order chi connectivity index (χ1) is 13.1. The molecule has 0 aliphatic rings. The number of hydrogen-bond donors (Lipinski definition) is 1. The molecule has 0 bridgehead atoms. The van der Waals surface area contributed by atoms with Crippen molar-refractivity contribution in [2.75, 3.05) is 16.8 Å². The van der Waals surface area contributed by atoms with Crippen LogP contribution in [-0.2, 0) is 13.0 Å². The molecule has 1 N–H and O–H groups in total. The highest BCUT2D eigenvalue weighted by Crippen LogP contribution is 2.19. The molecular formula is C23H28N4. The molecule has 27 heavy (non-hydrogen) atoms. The van der Waals surface area contributed by atoms with Crippen molar-refractivity contribution in [3.05, 3.63) is 83.6 Å². The summed E-state index contributed by atoms with van der Waals surface area (Å²) in [6, 6.07) is 23.3. The van der Waals surface area contributed by atoms with Crippen LogP contribution in [0, 0.1) is 6.92 Å². The lowest BCUT2D eigenvalue weighted by atomic mass is 10.1. The van der Waals surface area contributed by atoms with Crippen LogP contribution < -0.4 is 10.2 Å². The van der Waals surface area contributed by atoms with E-state index in [2.05, 4.69) is 72.6 Å². The lowest BCUT2D eigenvalue weighted by Gasteiger charge is -2.27. The molecule has 0 fully saturated rings. The number of anilines is 2. The second-order valence-corrected chi connectivity index (χ2v) is 7.06. The van der Waals surface area contributed by atoms with Crippen molar-refractivity contribution in [1.82, 2.24) is 9.97 Å². The van der Waals surface area contributed by atoms with Crippen LogP contribution in [-0.4, -0.2) is 22.6 Å². The molecule has 0 saturated heterocycles. The van der Waals surface area contributed by atoms with E-state index in [4.69, 9.17) is 9.97 Å². The number of benzene rings is 2. The maximum Gasteiger partial charge on any atom is 0.228 e. The van der Waals surface area contributed by atoms with Crippen molar-refractivity contribution in [3.8, 4) is 0 Å². The molecule has 0 aliphatic carbocycles. The van der Waals surface area contributed by atoms with E-state index < -0.39 is 0 Å². The SMILES string of the molecule is Cc1cc(NCCc2ccccc2)nc(N(Cc2ccccc2)C(C)C)n1. The Morgan fingerprint density at radius 3 is 2.15 bits per heavy atom. The van der Waals surface area contributed by atoms with Crippen LogP contribution in [0.4, 0.5) is 11.8 Å². The molecule has 3 aromatic rings. The van der Waals surface area contributed by atoms with Crippen LogP contribution in [0.2, 0.25) is 0 Å². The van der Waals surface area contributed by atoms with Crippen molar-refractivity contribution < 1.29 is 0 Å². The minimum absolute atomic E-state index is 0.309. The number of aryl methyl sites for hydroxylation is 1. The van der Waals surface area contributed by atoms with Crippen molar-refractivity contribution in [2.24, 2.45) is 0 Å². The molecule has 140 valence electrons. The first kappa shape index (κ1) is 18.9. The lowest BCUT2D eigenvalue weighted by molar-refractivity contribution is 0.659. The van der Waals surface area contributed by atoms with Gasteiger partial charge in [0.25, 0.3) is 0 Å². The molecule has 0 radical (unpaired) electrons. The molecule has 0 saturated carbocycles. The zero-order valence-corrected chi connectivity index (χ0v) is 16.4. The Balaban J connectivity index is 1.72. The van der Waals surface area contributed by atoms with Gasteiger partial charge in [-0.15, -0.1) is 0 Å². The summed E-state index contributed by atoms with van der Waals surface area (Å²) in [4.78, 5) is 11.7. The van der Waals surface area contributed by atoms with Crippen LogP contribution in [0.5, 0.6) is 0 Å². The fourth-order valence-corrected chi connectivity index (χ4v) is 3.02. The van der Waals surface area contributed by atoms with Gasteiger partial charge in [0.15, 0.2) is 0 Å². The summed E-state index contributed by atoms with van der Waals surface area (Å²) >= 11 is 0. The normalized spacial score (nSPS) is 10.8. The van der Waals surface area contributed by atoms with Crippen molar-refractivity contribution in [1.29, 1.82) is 0 Å². The van der Waals surface area contributed by atoms with Gasteiger partial charge in [0.1, 0.15) is 5.82 Å². The maximum absolute atomic E-state index is 4.79. The van der Waals surface area contributed by atoms with Crippen molar-refractivity contribution >= 4 is 11.8 Å². The monoisotopic (exact) mass is 360 g/mol. The highest BCUT2D eigenvalue weighted by molar-refractivity contribution is 5.44. The Bertz CT molecular complexity index is 832. The van der Waals surface area contributed by atoms with E-state index in [1.807, 2.05) is 25.1 Å². The predicted molar refractivity (Wildman–Crippen MR) is 113 cm³/mol. The predicted octanol–water partition coefficient (Wildman–Crippen LogP) is 4.85. The minimum atomic E-state index is 0.309. The Morgan fingerprint density at radius 2 is 1.52 bits per heavy atom. The topological polar surface area (TPSA) is 41.1 Å². The van der Waals surface area contributed by atoms with Crippen molar-refractivity contribution in [2.45, 2.75) is 39.8 Å². The van der Waals surface area contributed by atoms with E-state index in [0.717, 1.165) is 37.0 Å². The van der Waals surface area contributed by atoms with Crippen LogP contribution >= 0.6 is 0 Å². The second-order valence-electron chi connectivity index (χ2n) is 7.06. The Hall–Kier alpha value is -2.88. The third-order valence-electron chi connectivity index (χ3n) is 4.48. The molecular weight excluding hydrogens is 332 g/mol. The van der Waals surface area contributed by atoms with Gasteiger partial charge in [0, 0.05) is 30.9 Å². The van der Waals surface area contributed by atoms with E-state index in [9.17, 15) is 0 Å². The number of aromatic nitrogens is 2. The van der Waals surface area contributed by atoms with E-state index in [0.29, 0.717) is 6.04 Å². The molecule has 0 aliphatic heterocycles. The highest BCUT2D eigenvalue weighted by atomic mass is 15.3. The minimum Gasteiger partial charge on any atom is -0.370 e. The largest absolute Gasteiger partial charge is 0.370 e. The Kier molecular flexibility index (Phi) is 6.42. The Morgan fingerprint density at radius 1 is 0.889 bits per heavy atom. The van der Waals surface area contributed by atoms with Gasteiger partial charge in [-0.05, 0) is 38.3 Å². The summed E-state index contributed by atoms with van der Waals surface area (Å²) in [5.74, 6) is 1.66. The number of rotatable bonds is 8. The third-order valence-corrected chi connectivity index (χ3v) is 4.48. The number of nitrogens with one attached hydrogen (secondary N) is 1. The summed E-state index contributed by atoms with van der Waals surface area (Å²) in [5.41, 5.74) is 3.56. The van der Waals surface area contributed by atoms with Gasteiger partial charge < -0.3 is 10.2 Å². The van der Waals surface area contributed by atoms with Gasteiger partial charge in [0.2, 0.25) is 5.95 Å².